The molecule has 0 aliphatic heterocycles. The molecule has 0 N–H and O–H groups in total. The molecular formula is C51H38N2. The molecule has 0 saturated carbocycles. The van der Waals surface area contributed by atoms with E-state index in [-0.39, 0.29) is 0 Å². The predicted octanol–water partition coefficient (Wildman–Crippen LogP) is 13.7. The van der Waals surface area contributed by atoms with E-state index in [1.54, 1.807) is 0 Å². The van der Waals surface area contributed by atoms with Crippen molar-refractivity contribution in [1.82, 2.24) is 0 Å². The van der Waals surface area contributed by atoms with Gasteiger partial charge in [0.25, 0.3) is 0 Å². The van der Waals surface area contributed by atoms with Gasteiger partial charge in [0.15, 0.2) is 0 Å². The van der Waals surface area contributed by atoms with E-state index in [9.17, 15) is 0 Å². The lowest BCUT2D eigenvalue weighted by Gasteiger charge is -2.28. The third kappa shape index (κ3) is 5.35. The standard InChI is InChI=1S/C51H38N2/c1-34-10-5-15-38(30-34)39-16-6-17-42(33-39)53(43-23-22-35-11-3-4-12-36(31-35)32-43)41-26-24-40(25-27-41)52(2)49-29-28-47-45-19-8-14-37-13-7-18-44(50(37)45)46-20-9-21-48(49)51(46)47/h3-9,11-30,32-34H,10H2,1-2H3. The third-order valence-electron chi connectivity index (χ3n) is 11.0. The molecule has 7 aromatic rings. The maximum absolute atomic E-state index is 3.56. The lowest BCUT2D eigenvalue weighted by Crippen LogP contribution is -2.16. The Morgan fingerprint density at radius 1 is 0.585 bits per heavy atom. The molecule has 0 heterocycles. The highest BCUT2D eigenvalue weighted by atomic mass is 15.2. The van der Waals surface area contributed by atoms with Crippen LogP contribution in [-0.2, 0) is 0 Å². The van der Waals surface area contributed by atoms with E-state index in [0.717, 1.165) is 40.3 Å². The van der Waals surface area contributed by atoms with Crippen LogP contribution in [0.5, 0.6) is 0 Å². The van der Waals surface area contributed by atoms with Gasteiger partial charge in [0.1, 0.15) is 0 Å². The first-order valence-corrected chi connectivity index (χ1v) is 18.6. The van der Waals surface area contributed by atoms with Crippen LogP contribution >= 0.6 is 0 Å². The van der Waals surface area contributed by atoms with Gasteiger partial charge in [-0.2, -0.15) is 0 Å². The van der Waals surface area contributed by atoms with Crippen LogP contribution < -0.4 is 9.80 Å². The van der Waals surface area contributed by atoms with Crippen molar-refractivity contribution in [1.29, 1.82) is 0 Å². The van der Waals surface area contributed by atoms with Crippen LogP contribution in [0.25, 0.3) is 48.7 Å². The van der Waals surface area contributed by atoms with Crippen LogP contribution in [0, 0.1) is 5.92 Å². The number of anilines is 4. The summed E-state index contributed by atoms with van der Waals surface area (Å²) in [6, 6.07) is 42.7. The average molecular weight is 679 g/mol. The molecule has 1 unspecified atom stereocenters. The van der Waals surface area contributed by atoms with Crippen molar-refractivity contribution in [2.75, 3.05) is 16.8 Å². The van der Waals surface area contributed by atoms with Crippen LogP contribution in [0.4, 0.5) is 22.7 Å². The molecule has 0 amide bonds. The first-order chi connectivity index (χ1) is 26.1. The van der Waals surface area contributed by atoms with Crippen molar-refractivity contribution in [2.24, 2.45) is 5.92 Å². The van der Waals surface area contributed by atoms with Crippen molar-refractivity contribution in [3.05, 3.63) is 204 Å². The molecular weight excluding hydrogens is 641 g/mol. The van der Waals surface area contributed by atoms with Gasteiger partial charge in [-0.15, -0.1) is 5.73 Å². The maximum Gasteiger partial charge on any atom is 0.0488 e. The van der Waals surface area contributed by atoms with Gasteiger partial charge in [0, 0.05) is 52.0 Å². The molecule has 53 heavy (non-hydrogen) atoms. The van der Waals surface area contributed by atoms with Gasteiger partial charge in [-0.3, -0.25) is 0 Å². The zero-order chi connectivity index (χ0) is 35.5. The summed E-state index contributed by atoms with van der Waals surface area (Å²) in [5.41, 5.74) is 13.8. The number of rotatable bonds is 6. The Labute approximate surface area is 310 Å². The molecule has 3 aliphatic carbocycles. The molecule has 2 nitrogen and oxygen atoms in total. The van der Waals surface area contributed by atoms with E-state index in [2.05, 4.69) is 206 Å². The molecule has 0 spiro atoms. The molecule has 0 aromatic heterocycles. The zero-order valence-corrected chi connectivity index (χ0v) is 29.9. The lowest BCUT2D eigenvalue weighted by atomic mass is 9.89. The van der Waals surface area contributed by atoms with Crippen LogP contribution in [-0.4, -0.2) is 7.05 Å². The Bertz CT molecular complexity index is 2820. The fraction of sp³-hybridized carbons (Fsp3) is 0.0784. The Morgan fingerprint density at radius 2 is 1.26 bits per heavy atom. The van der Waals surface area contributed by atoms with E-state index >= 15 is 0 Å². The molecule has 0 radical (unpaired) electrons. The van der Waals surface area contributed by atoms with Crippen molar-refractivity contribution in [3.63, 3.8) is 0 Å². The fourth-order valence-electron chi connectivity index (χ4n) is 8.46. The number of allylic oxidation sites excluding steroid dienone is 12. The van der Waals surface area contributed by atoms with Gasteiger partial charge in [-0.05, 0) is 134 Å². The minimum atomic E-state index is 0.530. The van der Waals surface area contributed by atoms with Crippen molar-refractivity contribution < 1.29 is 0 Å². The SMILES string of the molecule is CC1C=C(c2cccc(N(C3=CC4=C=C(C=CC=C4)C=C3)c3ccc(N(C)c4ccc5c6cccc7cccc(c8cccc4c85)c76)cc3)c2)C=CC1. The summed E-state index contributed by atoms with van der Waals surface area (Å²) < 4.78 is 0. The van der Waals surface area contributed by atoms with E-state index in [0.29, 0.717) is 5.92 Å². The largest absolute Gasteiger partial charge is 0.344 e. The highest BCUT2D eigenvalue weighted by Crippen LogP contribution is 2.44. The molecule has 2 heteroatoms. The second kappa shape index (κ2) is 12.6. The van der Waals surface area contributed by atoms with Gasteiger partial charge < -0.3 is 9.80 Å². The Hall–Kier alpha value is -6.60. The van der Waals surface area contributed by atoms with Crippen molar-refractivity contribution >= 4 is 71.4 Å². The summed E-state index contributed by atoms with van der Waals surface area (Å²) in [4.78, 5) is 4.69. The van der Waals surface area contributed by atoms with E-state index in [4.69, 9.17) is 0 Å². The van der Waals surface area contributed by atoms with Gasteiger partial charge >= 0.3 is 0 Å². The summed E-state index contributed by atoms with van der Waals surface area (Å²) >= 11 is 0. The van der Waals surface area contributed by atoms with Gasteiger partial charge in [-0.1, -0.05) is 110 Å². The summed E-state index contributed by atoms with van der Waals surface area (Å²) in [5.74, 6) is 0.530. The zero-order valence-electron chi connectivity index (χ0n) is 29.9. The summed E-state index contributed by atoms with van der Waals surface area (Å²) in [6.45, 7) is 2.29. The minimum absolute atomic E-state index is 0.530. The van der Waals surface area contributed by atoms with Crippen LogP contribution in [0.2, 0.25) is 0 Å². The number of hydrogen-bond acceptors (Lipinski definition) is 2. The third-order valence-corrected chi connectivity index (χ3v) is 11.0. The molecule has 7 aromatic carbocycles. The Kier molecular flexibility index (Phi) is 7.39. The van der Waals surface area contributed by atoms with Crippen molar-refractivity contribution in [3.8, 4) is 0 Å². The summed E-state index contributed by atoms with van der Waals surface area (Å²) in [7, 11) is 2.18. The highest BCUT2D eigenvalue weighted by molar-refractivity contribution is 6.34. The normalized spacial score (nSPS) is 16.5. The second-order valence-corrected chi connectivity index (χ2v) is 14.4. The molecule has 2 bridgehead atoms. The summed E-state index contributed by atoms with van der Waals surface area (Å²) in [5, 5.41) is 10.5. The lowest BCUT2D eigenvalue weighted by molar-refractivity contribution is 0.740. The first kappa shape index (κ1) is 31.2. The number of nitrogens with zero attached hydrogens (tertiary/aromatic N) is 2. The average Bonchev–Trinajstić information content (AvgIpc) is 3.56. The smallest absolute Gasteiger partial charge is 0.0488 e. The molecule has 252 valence electrons. The van der Waals surface area contributed by atoms with E-state index in [1.165, 1.54) is 59.9 Å². The number of benzene rings is 7. The fourth-order valence-corrected chi connectivity index (χ4v) is 8.46. The van der Waals surface area contributed by atoms with Crippen molar-refractivity contribution in [2.45, 2.75) is 13.3 Å². The van der Waals surface area contributed by atoms with E-state index < -0.39 is 0 Å². The van der Waals surface area contributed by atoms with Crippen LogP contribution in [0.3, 0.4) is 0 Å². The number of hydrogen-bond donors (Lipinski definition) is 0. The summed E-state index contributed by atoms with van der Waals surface area (Å²) in [6.07, 6.45) is 23.0. The van der Waals surface area contributed by atoms with E-state index in [1.807, 2.05) is 0 Å². The van der Waals surface area contributed by atoms with Gasteiger partial charge in [0.2, 0.25) is 0 Å². The Balaban J connectivity index is 1.07. The quantitative estimate of drug-likeness (QED) is 0.0981. The molecule has 1 atom stereocenters. The molecule has 10 rings (SSSR count). The van der Waals surface area contributed by atoms with Gasteiger partial charge in [-0.25, -0.2) is 0 Å². The Morgan fingerprint density at radius 3 is 2.06 bits per heavy atom. The van der Waals surface area contributed by atoms with Gasteiger partial charge in [0.05, 0.1) is 0 Å². The maximum atomic E-state index is 3.56. The first-order valence-electron chi connectivity index (χ1n) is 18.6. The highest BCUT2D eigenvalue weighted by Gasteiger charge is 2.19. The van der Waals surface area contributed by atoms with Crippen LogP contribution in [0.1, 0.15) is 18.9 Å². The number of fused-ring (bicyclic) bond motifs is 2. The topological polar surface area (TPSA) is 6.48 Å². The minimum Gasteiger partial charge on any atom is -0.344 e. The van der Waals surface area contributed by atoms with Crippen LogP contribution in [0.15, 0.2) is 199 Å². The monoisotopic (exact) mass is 678 g/mol. The molecule has 3 aliphatic rings. The predicted molar refractivity (Wildman–Crippen MR) is 228 cm³/mol. The second-order valence-electron chi connectivity index (χ2n) is 14.4. The molecule has 0 saturated heterocycles. The molecule has 0 fully saturated rings.